The molecule has 0 atom stereocenters. The molecule has 0 aliphatic rings. The maximum atomic E-state index is 11.4. The lowest BCUT2D eigenvalue weighted by molar-refractivity contribution is -0.138. The Bertz CT molecular complexity index is 867. The zero-order chi connectivity index (χ0) is 19.8. The molecule has 4 heteroatoms. The van der Waals surface area contributed by atoms with Crippen LogP contribution in [-0.2, 0) is 20.4 Å². The predicted octanol–water partition coefficient (Wildman–Crippen LogP) is 5.99. The molecule has 3 aromatic carbocycles. The van der Waals surface area contributed by atoms with Gasteiger partial charge in [-0.05, 0) is 55.5 Å². The van der Waals surface area contributed by atoms with E-state index in [2.05, 4.69) is 91.5 Å². The predicted molar refractivity (Wildman–Crippen MR) is 118 cm³/mol. The first-order chi connectivity index (χ1) is 13.6. The summed E-state index contributed by atoms with van der Waals surface area (Å²) in [6.45, 7) is 5.63. The van der Waals surface area contributed by atoms with Crippen LogP contribution in [0.15, 0.2) is 117 Å². The number of hydrogen-bond acceptors (Lipinski definition) is 3. The largest absolute Gasteiger partial charge is 0.461 e. The van der Waals surface area contributed by atoms with Crippen molar-refractivity contribution in [3.63, 3.8) is 0 Å². The molecule has 0 saturated carbocycles. The number of thioether (sulfide) groups is 1. The molecule has 0 saturated heterocycles. The van der Waals surface area contributed by atoms with Gasteiger partial charge in [-0.15, -0.1) is 11.8 Å². The zero-order valence-corrected chi connectivity index (χ0v) is 17.5. The Morgan fingerprint density at radius 1 is 0.857 bits per heavy atom. The number of hydrogen-bond donors (Lipinski definition) is 0. The fraction of sp³-hybridized carbons (Fsp3) is 0.125. The summed E-state index contributed by atoms with van der Waals surface area (Å²) in [5, 5.41) is 0. The molecule has 3 rings (SSSR count). The summed E-state index contributed by atoms with van der Waals surface area (Å²) in [5.41, 5.74) is 0.434. The van der Waals surface area contributed by atoms with Crippen LogP contribution in [0.3, 0.4) is 0 Å². The minimum Gasteiger partial charge on any atom is -0.461 e. The third kappa shape index (κ3) is 5.54. The van der Waals surface area contributed by atoms with Gasteiger partial charge in [-0.25, -0.2) is 4.79 Å². The molecule has 0 N–H and O–H groups in total. The number of carbonyl (C=O) groups is 1. The van der Waals surface area contributed by atoms with Gasteiger partial charge in [-0.2, -0.15) is 0 Å². The van der Waals surface area contributed by atoms with Crippen LogP contribution in [0, 0.1) is 0 Å². The highest BCUT2D eigenvalue weighted by Gasteiger charge is 2.27. The summed E-state index contributed by atoms with van der Waals surface area (Å²) in [7, 11) is -0.130. The molecule has 2 nitrogen and oxygen atoms in total. The molecule has 0 radical (unpaired) electrons. The van der Waals surface area contributed by atoms with E-state index < -0.39 is 0 Å². The van der Waals surface area contributed by atoms with Crippen molar-refractivity contribution in [3.8, 4) is 0 Å². The van der Waals surface area contributed by atoms with Crippen molar-refractivity contribution in [3.05, 3.63) is 97.1 Å². The van der Waals surface area contributed by atoms with E-state index in [1.54, 1.807) is 18.7 Å². The number of rotatable bonds is 8. The average Bonchev–Trinajstić information content (AvgIpc) is 2.74. The summed E-state index contributed by atoms with van der Waals surface area (Å²) in [6, 6.07) is 29.9. The summed E-state index contributed by atoms with van der Waals surface area (Å²) < 4.78 is 5.14. The van der Waals surface area contributed by atoms with Crippen molar-refractivity contribution in [2.75, 3.05) is 12.4 Å². The molecule has 28 heavy (non-hydrogen) atoms. The van der Waals surface area contributed by atoms with Crippen LogP contribution < -0.4 is 0 Å². The highest BCUT2D eigenvalue weighted by molar-refractivity contribution is 7.99. The van der Waals surface area contributed by atoms with Crippen molar-refractivity contribution >= 4 is 28.6 Å². The molecule has 0 aliphatic carbocycles. The number of esters is 1. The second-order valence-electron chi connectivity index (χ2n) is 6.17. The quantitative estimate of drug-likeness (QED) is 0.151. The van der Waals surface area contributed by atoms with Gasteiger partial charge in [-0.3, -0.25) is 0 Å². The van der Waals surface area contributed by atoms with Crippen molar-refractivity contribution < 1.29 is 9.53 Å². The van der Waals surface area contributed by atoms with Crippen LogP contribution >= 0.6 is 11.8 Å². The van der Waals surface area contributed by atoms with E-state index in [-0.39, 0.29) is 16.9 Å². The van der Waals surface area contributed by atoms with E-state index in [1.165, 1.54) is 19.6 Å². The van der Waals surface area contributed by atoms with Crippen LogP contribution in [0.1, 0.15) is 6.92 Å². The second kappa shape index (κ2) is 10.2. The fourth-order valence-corrected chi connectivity index (χ4v) is 5.42. The first kappa shape index (κ1) is 20.3. The Morgan fingerprint density at radius 2 is 1.36 bits per heavy atom. The fourth-order valence-electron chi connectivity index (χ4n) is 2.61. The van der Waals surface area contributed by atoms with Crippen LogP contribution in [-0.4, -0.2) is 18.3 Å². The van der Waals surface area contributed by atoms with Gasteiger partial charge in [0.25, 0.3) is 0 Å². The van der Waals surface area contributed by atoms with E-state index in [9.17, 15) is 4.79 Å². The summed E-state index contributed by atoms with van der Waals surface area (Å²) >= 11 is 1.68. The molecule has 0 amide bonds. The van der Waals surface area contributed by atoms with Crippen LogP contribution in [0.2, 0.25) is 0 Å². The zero-order valence-electron chi connectivity index (χ0n) is 15.8. The van der Waals surface area contributed by atoms with Crippen molar-refractivity contribution in [1.29, 1.82) is 0 Å². The topological polar surface area (TPSA) is 26.3 Å². The lowest BCUT2D eigenvalue weighted by Gasteiger charge is -2.09. The lowest BCUT2D eigenvalue weighted by atomic mass is 10.4. The van der Waals surface area contributed by atoms with E-state index in [0.717, 1.165) is 5.75 Å². The lowest BCUT2D eigenvalue weighted by Crippen LogP contribution is -2.07. The summed E-state index contributed by atoms with van der Waals surface area (Å²) in [4.78, 5) is 16.5. The molecule has 0 unspecified atom stereocenters. The summed E-state index contributed by atoms with van der Waals surface area (Å²) in [5.74, 6) is 0.396. The number of ether oxygens (including phenoxy) is 1. The van der Waals surface area contributed by atoms with Crippen LogP contribution in [0.25, 0.3) is 0 Å². The average molecular weight is 408 g/mol. The molecule has 3 aromatic rings. The van der Waals surface area contributed by atoms with E-state index in [0.29, 0.717) is 12.2 Å². The standard InChI is InChI=1S/C24H23O2S2/c1-19(2)24(25)26-17-18-27-20-13-15-23(16-14-20)28(21-9-5-3-6-10-21)22-11-7-4-8-12-22/h3-16H,1,17-18H2,2H3/q+1. The smallest absolute Gasteiger partial charge is 0.333 e. The molecule has 0 spiro atoms. The highest BCUT2D eigenvalue weighted by Crippen LogP contribution is 2.32. The van der Waals surface area contributed by atoms with Crippen molar-refractivity contribution in [2.45, 2.75) is 26.5 Å². The van der Waals surface area contributed by atoms with Crippen LogP contribution in [0.5, 0.6) is 0 Å². The molecule has 0 aromatic heterocycles. The third-order valence-corrected chi connectivity index (χ3v) is 7.16. The molecule has 0 aliphatic heterocycles. The van der Waals surface area contributed by atoms with E-state index in [1.807, 2.05) is 0 Å². The molecule has 0 fully saturated rings. The maximum Gasteiger partial charge on any atom is 0.333 e. The van der Waals surface area contributed by atoms with Crippen molar-refractivity contribution in [2.24, 2.45) is 0 Å². The van der Waals surface area contributed by atoms with Gasteiger partial charge in [-0.1, -0.05) is 43.0 Å². The Labute approximate surface area is 174 Å². The van der Waals surface area contributed by atoms with E-state index >= 15 is 0 Å². The van der Waals surface area contributed by atoms with Gasteiger partial charge in [0.05, 0.1) is 10.9 Å². The SMILES string of the molecule is C=C(C)C(=O)OCCSc1ccc([S+](c2ccccc2)c2ccccc2)cc1. The van der Waals surface area contributed by atoms with Crippen LogP contribution in [0.4, 0.5) is 0 Å². The summed E-state index contributed by atoms with van der Waals surface area (Å²) in [6.07, 6.45) is 0. The van der Waals surface area contributed by atoms with Crippen molar-refractivity contribution in [1.82, 2.24) is 0 Å². The Balaban J connectivity index is 1.71. The molecule has 0 heterocycles. The van der Waals surface area contributed by atoms with Gasteiger partial charge >= 0.3 is 5.97 Å². The first-order valence-corrected chi connectivity index (χ1v) is 11.3. The van der Waals surface area contributed by atoms with Gasteiger partial charge in [0, 0.05) is 16.2 Å². The highest BCUT2D eigenvalue weighted by atomic mass is 32.2. The Kier molecular flexibility index (Phi) is 7.40. The Hall–Kier alpha value is -2.43. The molecular weight excluding hydrogens is 384 g/mol. The first-order valence-electron chi connectivity index (χ1n) is 9.05. The number of carbonyl (C=O) groups excluding carboxylic acids is 1. The molecular formula is C24H23O2S2+. The Morgan fingerprint density at radius 3 is 1.86 bits per heavy atom. The minimum absolute atomic E-state index is 0.130. The second-order valence-corrected chi connectivity index (χ2v) is 9.36. The van der Waals surface area contributed by atoms with E-state index in [4.69, 9.17) is 4.74 Å². The number of benzene rings is 3. The minimum atomic E-state index is -0.328. The van der Waals surface area contributed by atoms with Gasteiger partial charge < -0.3 is 4.74 Å². The maximum absolute atomic E-state index is 11.4. The molecule has 142 valence electrons. The normalized spacial score (nSPS) is 10.6. The van der Waals surface area contributed by atoms with Gasteiger partial charge in [0.15, 0.2) is 14.7 Å². The monoisotopic (exact) mass is 407 g/mol. The third-order valence-electron chi connectivity index (χ3n) is 3.95. The van der Waals surface area contributed by atoms with Gasteiger partial charge in [0.2, 0.25) is 0 Å². The van der Waals surface area contributed by atoms with Gasteiger partial charge in [0.1, 0.15) is 6.61 Å². The molecule has 0 bridgehead atoms.